The molecule has 0 fully saturated rings. The van der Waals surface area contributed by atoms with Gasteiger partial charge in [0.1, 0.15) is 16.5 Å². The fraction of sp³-hybridized carbons (Fsp3) is 0.143. The largest absolute Gasteiger partial charge is 0.388 e. The normalized spacial score (nSPS) is 10.4. The van der Waals surface area contributed by atoms with E-state index in [1.54, 1.807) is 30.5 Å². The van der Waals surface area contributed by atoms with Gasteiger partial charge in [-0.2, -0.15) is 0 Å². The molecule has 1 aromatic heterocycles. The van der Waals surface area contributed by atoms with Crippen molar-refractivity contribution in [3.05, 3.63) is 65.2 Å². The van der Waals surface area contributed by atoms with E-state index in [-0.39, 0.29) is 24.0 Å². The van der Waals surface area contributed by atoms with Crippen molar-refractivity contribution < 1.29 is 9.13 Å². The molecular weight excluding hydrogens is 263 g/mol. The summed E-state index contributed by atoms with van der Waals surface area (Å²) in [6.45, 7) is 0.479. The van der Waals surface area contributed by atoms with E-state index in [0.29, 0.717) is 11.3 Å². The van der Waals surface area contributed by atoms with Crippen molar-refractivity contribution in [2.45, 2.75) is 13.2 Å². The molecule has 0 bridgehead atoms. The maximum absolute atomic E-state index is 13.4. The molecule has 0 spiro atoms. The lowest BCUT2D eigenvalue weighted by Crippen LogP contribution is -2.15. The molecule has 2 N–H and O–H groups in total. The summed E-state index contributed by atoms with van der Waals surface area (Å²) >= 11 is 4.91. The van der Waals surface area contributed by atoms with Crippen LogP contribution in [0.4, 0.5) is 4.39 Å². The molecule has 2 rings (SSSR count). The Morgan fingerprint density at radius 3 is 2.58 bits per heavy atom. The second-order valence-corrected chi connectivity index (χ2v) is 4.40. The second-order valence-electron chi connectivity index (χ2n) is 3.96. The summed E-state index contributed by atoms with van der Waals surface area (Å²) in [5, 5.41) is 0. The number of nitrogens with zero attached hydrogens (tertiary/aromatic N) is 1. The molecule has 5 heteroatoms. The average Bonchev–Trinajstić information content (AvgIpc) is 2.41. The van der Waals surface area contributed by atoms with Crippen molar-refractivity contribution in [1.29, 1.82) is 0 Å². The lowest BCUT2D eigenvalue weighted by Gasteiger charge is -2.08. The molecule has 3 nitrogen and oxygen atoms in total. The third kappa shape index (κ3) is 3.56. The van der Waals surface area contributed by atoms with Crippen LogP contribution in [0.5, 0.6) is 0 Å². The van der Waals surface area contributed by atoms with E-state index in [0.717, 1.165) is 5.56 Å². The van der Waals surface area contributed by atoms with Crippen LogP contribution in [0, 0.1) is 5.82 Å². The van der Waals surface area contributed by atoms with Crippen LogP contribution in [-0.2, 0) is 18.0 Å². The minimum atomic E-state index is -0.275. The molecule has 0 unspecified atom stereocenters. The maximum Gasteiger partial charge on any atom is 0.128 e. The van der Waals surface area contributed by atoms with Gasteiger partial charge in [0, 0.05) is 17.3 Å². The highest BCUT2D eigenvalue weighted by Crippen LogP contribution is 2.11. The number of ether oxygens (including phenoxy) is 1. The van der Waals surface area contributed by atoms with E-state index in [9.17, 15) is 4.39 Å². The summed E-state index contributed by atoms with van der Waals surface area (Å²) in [6, 6.07) is 10.1. The monoisotopic (exact) mass is 276 g/mol. The smallest absolute Gasteiger partial charge is 0.128 e. The molecule has 19 heavy (non-hydrogen) atoms. The Hall–Kier alpha value is -1.85. The molecule has 0 aliphatic carbocycles. The predicted octanol–water partition coefficient (Wildman–Crippen LogP) is 2.57. The van der Waals surface area contributed by atoms with Crippen LogP contribution < -0.4 is 5.73 Å². The van der Waals surface area contributed by atoms with Crippen molar-refractivity contribution in [2.75, 3.05) is 0 Å². The van der Waals surface area contributed by atoms with Gasteiger partial charge in [-0.05, 0) is 12.1 Å². The Morgan fingerprint density at radius 1 is 1.16 bits per heavy atom. The van der Waals surface area contributed by atoms with Crippen molar-refractivity contribution >= 4 is 17.2 Å². The molecule has 1 aromatic carbocycles. The number of halogens is 1. The van der Waals surface area contributed by atoms with Crippen molar-refractivity contribution in [3.63, 3.8) is 0 Å². The Kier molecular flexibility index (Phi) is 4.54. The first-order valence-corrected chi connectivity index (χ1v) is 6.14. The summed E-state index contributed by atoms with van der Waals surface area (Å²) in [5.74, 6) is -0.275. The zero-order valence-corrected chi connectivity index (χ0v) is 11.0. The molecule has 98 valence electrons. The van der Waals surface area contributed by atoms with Crippen LogP contribution in [-0.4, -0.2) is 9.97 Å². The molecule has 0 saturated carbocycles. The Balaban J connectivity index is 2.00. The SMILES string of the molecule is NC(=S)c1ncccc1COCc1ccccc1F. The van der Waals surface area contributed by atoms with Crippen LogP contribution in [0.15, 0.2) is 42.6 Å². The van der Waals surface area contributed by atoms with Gasteiger partial charge in [-0.3, -0.25) is 4.98 Å². The van der Waals surface area contributed by atoms with E-state index in [1.807, 2.05) is 6.07 Å². The minimum Gasteiger partial charge on any atom is -0.388 e. The predicted molar refractivity (Wildman–Crippen MR) is 75.0 cm³/mol. The van der Waals surface area contributed by atoms with Gasteiger partial charge in [0.15, 0.2) is 0 Å². The highest BCUT2D eigenvalue weighted by Gasteiger charge is 2.07. The minimum absolute atomic E-state index is 0.193. The summed E-state index contributed by atoms with van der Waals surface area (Å²) in [5.41, 5.74) is 7.44. The fourth-order valence-electron chi connectivity index (χ4n) is 1.66. The fourth-order valence-corrected chi connectivity index (χ4v) is 1.85. The Labute approximate surface area is 116 Å². The molecule has 0 aliphatic rings. The first kappa shape index (κ1) is 13.6. The second kappa shape index (κ2) is 6.36. The first-order valence-electron chi connectivity index (χ1n) is 5.73. The van der Waals surface area contributed by atoms with Crippen molar-refractivity contribution in [1.82, 2.24) is 4.98 Å². The lowest BCUT2D eigenvalue weighted by molar-refractivity contribution is 0.104. The van der Waals surface area contributed by atoms with Gasteiger partial charge in [0.25, 0.3) is 0 Å². The molecule has 0 atom stereocenters. The number of benzene rings is 1. The number of nitrogens with two attached hydrogens (primary N) is 1. The average molecular weight is 276 g/mol. The van der Waals surface area contributed by atoms with Crippen LogP contribution in [0.1, 0.15) is 16.8 Å². The molecular formula is C14H13FN2OS. The Morgan fingerprint density at radius 2 is 1.84 bits per heavy atom. The number of hydrogen-bond donors (Lipinski definition) is 1. The molecule has 0 saturated heterocycles. The van der Waals surface area contributed by atoms with E-state index in [2.05, 4.69) is 4.98 Å². The highest BCUT2D eigenvalue weighted by molar-refractivity contribution is 7.80. The zero-order valence-electron chi connectivity index (χ0n) is 10.2. The van der Waals surface area contributed by atoms with Gasteiger partial charge in [-0.1, -0.05) is 36.5 Å². The van der Waals surface area contributed by atoms with Crippen LogP contribution in [0.2, 0.25) is 0 Å². The molecule has 0 amide bonds. The molecule has 1 heterocycles. The third-order valence-corrected chi connectivity index (χ3v) is 2.79. The number of hydrogen-bond acceptors (Lipinski definition) is 3. The zero-order chi connectivity index (χ0) is 13.7. The van der Waals surface area contributed by atoms with E-state index in [1.165, 1.54) is 6.07 Å². The van der Waals surface area contributed by atoms with Crippen LogP contribution in [0.25, 0.3) is 0 Å². The Bertz CT molecular complexity index is 589. The molecule has 0 radical (unpaired) electrons. The van der Waals surface area contributed by atoms with Gasteiger partial charge in [-0.15, -0.1) is 0 Å². The summed E-state index contributed by atoms with van der Waals surface area (Å²) < 4.78 is 18.9. The van der Waals surface area contributed by atoms with E-state index < -0.39 is 0 Å². The summed E-state index contributed by atoms with van der Waals surface area (Å²) in [7, 11) is 0. The first-order chi connectivity index (χ1) is 9.18. The number of aromatic nitrogens is 1. The summed E-state index contributed by atoms with van der Waals surface area (Å²) in [4.78, 5) is 4.33. The van der Waals surface area contributed by atoms with Gasteiger partial charge in [-0.25, -0.2) is 4.39 Å². The highest BCUT2D eigenvalue weighted by atomic mass is 32.1. The third-order valence-electron chi connectivity index (χ3n) is 2.60. The van der Waals surface area contributed by atoms with E-state index >= 15 is 0 Å². The topological polar surface area (TPSA) is 48.1 Å². The lowest BCUT2D eigenvalue weighted by atomic mass is 10.2. The van der Waals surface area contributed by atoms with Gasteiger partial charge < -0.3 is 10.5 Å². The maximum atomic E-state index is 13.4. The van der Waals surface area contributed by atoms with Crippen molar-refractivity contribution in [2.24, 2.45) is 5.73 Å². The van der Waals surface area contributed by atoms with Gasteiger partial charge in [0.2, 0.25) is 0 Å². The van der Waals surface area contributed by atoms with E-state index in [4.69, 9.17) is 22.7 Å². The van der Waals surface area contributed by atoms with Gasteiger partial charge in [0.05, 0.1) is 13.2 Å². The van der Waals surface area contributed by atoms with Crippen LogP contribution in [0.3, 0.4) is 0 Å². The van der Waals surface area contributed by atoms with Gasteiger partial charge >= 0.3 is 0 Å². The summed E-state index contributed by atoms with van der Waals surface area (Å²) in [6.07, 6.45) is 1.62. The molecule has 2 aromatic rings. The molecule has 0 aliphatic heterocycles. The standard InChI is InChI=1S/C14H13FN2OS/c15-12-6-2-1-4-10(12)8-18-9-11-5-3-7-17-13(11)14(16)19/h1-7H,8-9H2,(H2,16,19). The number of rotatable bonds is 5. The van der Waals surface area contributed by atoms with Crippen molar-refractivity contribution in [3.8, 4) is 0 Å². The number of pyridine rings is 1. The quantitative estimate of drug-likeness (QED) is 0.853. The van der Waals surface area contributed by atoms with Crippen LogP contribution >= 0.6 is 12.2 Å². The number of thiocarbonyl (C=S) groups is 1.